The fourth-order valence-corrected chi connectivity index (χ4v) is 1.01. The van der Waals surface area contributed by atoms with Gasteiger partial charge in [-0.15, -0.1) is 0 Å². The predicted octanol–water partition coefficient (Wildman–Crippen LogP) is 0.645. The largest absolute Gasteiger partial charge is 0.508 e. The lowest BCUT2D eigenvalue weighted by Gasteiger charge is -2.09. The molecule has 0 aliphatic heterocycles. The molecule has 1 atom stereocenters. The summed E-state index contributed by atoms with van der Waals surface area (Å²) in [5.74, 6) is 0.218. The van der Waals surface area contributed by atoms with Crippen LogP contribution in [0.2, 0.25) is 0 Å². The zero-order valence-electron chi connectivity index (χ0n) is 6.99. The van der Waals surface area contributed by atoms with Crippen LogP contribution in [0.25, 0.3) is 0 Å². The van der Waals surface area contributed by atoms with Crippen molar-refractivity contribution in [1.82, 2.24) is 5.32 Å². The number of hydrogen-bond acceptors (Lipinski definition) is 3. The van der Waals surface area contributed by atoms with Crippen LogP contribution in [0.5, 0.6) is 5.75 Å². The Balaban J connectivity index is 2.68. The summed E-state index contributed by atoms with van der Waals surface area (Å²) in [4.78, 5) is 0. The smallest absolute Gasteiger partial charge is 0.115 e. The number of aromatic hydroxyl groups is 1. The van der Waals surface area contributed by atoms with Crippen LogP contribution < -0.4 is 5.32 Å². The maximum absolute atomic E-state index is 9.47. The molecule has 3 heteroatoms. The van der Waals surface area contributed by atoms with Crippen LogP contribution in [-0.2, 0) is 0 Å². The molecule has 1 unspecified atom stereocenters. The number of aliphatic hydroxyl groups is 1. The van der Waals surface area contributed by atoms with E-state index in [9.17, 15) is 5.11 Å². The Morgan fingerprint density at radius 3 is 2.42 bits per heavy atom. The molecule has 0 radical (unpaired) electrons. The Labute approximate surface area is 71.7 Å². The Kier molecular flexibility index (Phi) is 3.08. The van der Waals surface area contributed by atoms with Gasteiger partial charge in [-0.1, -0.05) is 12.1 Å². The van der Waals surface area contributed by atoms with Crippen molar-refractivity contribution >= 4 is 0 Å². The molecule has 0 amide bonds. The van der Waals surface area contributed by atoms with Crippen molar-refractivity contribution < 1.29 is 10.2 Å². The first-order chi connectivity index (χ1) is 5.74. The van der Waals surface area contributed by atoms with Gasteiger partial charge in [-0.3, -0.25) is 0 Å². The van der Waals surface area contributed by atoms with E-state index < -0.39 is 6.10 Å². The lowest BCUT2D eigenvalue weighted by molar-refractivity contribution is 0.177. The van der Waals surface area contributed by atoms with Gasteiger partial charge < -0.3 is 15.5 Å². The second-order valence-electron chi connectivity index (χ2n) is 2.67. The topological polar surface area (TPSA) is 52.5 Å². The fourth-order valence-electron chi connectivity index (χ4n) is 1.01. The third kappa shape index (κ3) is 2.22. The van der Waals surface area contributed by atoms with Crippen LogP contribution in [-0.4, -0.2) is 23.8 Å². The molecule has 66 valence electrons. The number of benzene rings is 1. The van der Waals surface area contributed by atoms with Crippen LogP contribution in [0.1, 0.15) is 11.7 Å². The number of phenolic OH excluding ortho intramolecular Hbond substituents is 1. The van der Waals surface area contributed by atoms with Gasteiger partial charge in [0.25, 0.3) is 0 Å². The fraction of sp³-hybridized carbons (Fsp3) is 0.333. The molecular formula is C9H13NO2. The number of aliphatic hydroxyl groups excluding tert-OH is 1. The first-order valence-corrected chi connectivity index (χ1v) is 3.85. The predicted molar refractivity (Wildman–Crippen MR) is 47.0 cm³/mol. The maximum Gasteiger partial charge on any atom is 0.115 e. The van der Waals surface area contributed by atoms with E-state index in [1.165, 1.54) is 0 Å². The van der Waals surface area contributed by atoms with Crippen LogP contribution in [0.15, 0.2) is 24.3 Å². The molecule has 0 aromatic heterocycles. The highest BCUT2D eigenvalue weighted by Crippen LogP contribution is 2.15. The van der Waals surface area contributed by atoms with Crippen molar-refractivity contribution in [3.63, 3.8) is 0 Å². The number of nitrogens with one attached hydrogen (secondary N) is 1. The van der Waals surface area contributed by atoms with Crippen molar-refractivity contribution in [2.45, 2.75) is 6.10 Å². The normalized spacial score (nSPS) is 12.8. The molecule has 1 rings (SSSR count). The summed E-state index contributed by atoms with van der Waals surface area (Å²) in [5, 5.41) is 21.3. The number of rotatable bonds is 3. The Morgan fingerprint density at radius 2 is 1.92 bits per heavy atom. The number of phenols is 1. The van der Waals surface area contributed by atoms with Crippen molar-refractivity contribution in [1.29, 1.82) is 0 Å². The SMILES string of the molecule is C[15NH][13CH2][13CH](O)c1ccc(O)cc1. The molecule has 12 heavy (non-hydrogen) atoms. The van der Waals surface area contributed by atoms with Crippen molar-refractivity contribution in [3.05, 3.63) is 29.8 Å². The average molecular weight is 170 g/mol. The van der Waals surface area contributed by atoms with E-state index in [1.807, 2.05) is 0 Å². The van der Waals surface area contributed by atoms with E-state index in [-0.39, 0.29) is 5.75 Å². The zero-order valence-corrected chi connectivity index (χ0v) is 6.99. The van der Waals surface area contributed by atoms with Crippen molar-refractivity contribution in [2.24, 2.45) is 0 Å². The van der Waals surface area contributed by atoms with Crippen LogP contribution in [0.3, 0.4) is 0 Å². The molecule has 0 heterocycles. The van der Waals surface area contributed by atoms with Gasteiger partial charge in [-0.2, -0.15) is 0 Å². The molecule has 0 aliphatic rings. The Hall–Kier alpha value is -1.06. The van der Waals surface area contributed by atoms with Crippen LogP contribution in [0, 0.1) is 0 Å². The standard InChI is InChI=1S/C9H13NO2/c1-10-6-9(12)7-2-4-8(11)5-3-7/h2-5,9-12H,6H2,1H3/i6+1,9+1,10+1. The highest BCUT2D eigenvalue weighted by molar-refractivity contribution is 5.27. The highest BCUT2D eigenvalue weighted by Gasteiger charge is 2.04. The van der Waals surface area contributed by atoms with Gasteiger partial charge in [0.1, 0.15) is 5.75 Å². The summed E-state index contributed by atoms with van der Waals surface area (Å²) >= 11 is 0. The molecular weight excluding hydrogens is 157 g/mol. The maximum atomic E-state index is 9.47. The lowest BCUT2D eigenvalue weighted by atomic mass is 10.3. The molecule has 0 bridgehead atoms. The minimum absolute atomic E-state index is 0.218. The number of hydrogen-bond donors (Lipinski definition) is 3. The van der Waals surface area contributed by atoms with Crippen molar-refractivity contribution in [3.8, 4) is 5.75 Å². The average Bonchev–Trinajstić information content (AvgIpc) is 2.06. The number of likely N-dealkylation sites (N-methyl/N-ethyl adjacent to an activating group) is 1. The van der Waals surface area contributed by atoms with Crippen LogP contribution in [0.4, 0.5) is 0 Å². The molecule has 0 fully saturated rings. The van der Waals surface area contributed by atoms with Crippen molar-refractivity contribution in [2.75, 3.05) is 13.6 Å². The quantitative estimate of drug-likeness (QED) is 0.461. The minimum atomic E-state index is -0.504. The highest BCUT2D eigenvalue weighted by atomic mass is 16.4. The van der Waals surface area contributed by atoms with Gasteiger partial charge in [0.2, 0.25) is 0 Å². The Bertz CT molecular complexity index is 233. The summed E-state index contributed by atoms with van der Waals surface area (Å²) in [5.41, 5.74) is 0.808. The van der Waals surface area contributed by atoms with Gasteiger partial charge in [0.15, 0.2) is 0 Å². The zero-order chi connectivity index (χ0) is 8.97. The summed E-state index contributed by atoms with van der Waals surface area (Å²) in [6.45, 7) is 0.519. The molecule has 0 saturated heterocycles. The molecule has 0 saturated carbocycles. The van der Waals surface area contributed by atoms with E-state index >= 15 is 0 Å². The first kappa shape index (κ1) is 9.03. The second-order valence-corrected chi connectivity index (χ2v) is 2.67. The lowest BCUT2D eigenvalue weighted by Crippen LogP contribution is -2.16. The molecule has 3 nitrogen and oxygen atoms in total. The molecule has 0 spiro atoms. The Morgan fingerprint density at radius 1 is 1.33 bits per heavy atom. The third-order valence-corrected chi connectivity index (χ3v) is 1.68. The summed E-state index contributed by atoms with van der Waals surface area (Å²) in [6.07, 6.45) is -0.504. The summed E-state index contributed by atoms with van der Waals surface area (Å²) < 4.78 is 0. The van der Waals surface area contributed by atoms with Gasteiger partial charge in [0.05, 0.1) is 6.10 Å². The van der Waals surface area contributed by atoms with Gasteiger partial charge in [0, 0.05) is 6.54 Å². The molecule has 1 aromatic carbocycles. The van der Waals surface area contributed by atoms with E-state index in [1.54, 1.807) is 31.3 Å². The van der Waals surface area contributed by atoms with E-state index in [0.29, 0.717) is 6.54 Å². The second kappa shape index (κ2) is 4.09. The van der Waals surface area contributed by atoms with Crippen LogP contribution >= 0.6 is 0 Å². The molecule has 1 aromatic rings. The van der Waals surface area contributed by atoms with E-state index in [4.69, 9.17) is 5.11 Å². The van der Waals surface area contributed by atoms with Gasteiger partial charge >= 0.3 is 0 Å². The van der Waals surface area contributed by atoms with E-state index in [2.05, 4.69) is 5.32 Å². The summed E-state index contributed by atoms with van der Waals surface area (Å²) in [7, 11) is 1.78. The summed E-state index contributed by atoms with van der Waals surface area (Å²) in [6, 6.07) is 6.54. The van der Waals surface area contributed by atoms with Gasteiger partial charge in [-0.25, -0.2) is 0 Å². The monoisotopic (exact) mass is 170 g/mol. The minimum Gasteiger partial charge on any atom is -0.508 e. The van der Waals surface area contributed by atoms with Gasteiger partial charge in [-0.05, 0) is 24.7 Å². The molecule has 3 N–H and O–H groups in total. The first-order valence-electron chi connectivity index (χ1n) is 3.85. The van der Waals surface area contributed by atoms with E-state index in [0.717, 1.165) is 5.56 Å². The molecule has 0 aliphatic carbocycles. The third-order valence-electron chi connectivity index (χ3n) is 1.68.